The number of carbonyl (C=O) groups excluding carboxylic acids is 1. The van der Waals surface area contributed by atoms with Crippen molar-refractivity contribution in [2.24, 2.45) is 11.8 Å². The number of benzene rings is 3. The summed E-state index contributed by atoms with van der Waals surface area (Å²) in [4.78, 5) is 29.9. The van der Waals surface area contributed by atoms with E-state index in [9.17, 15) is 22.8 Å². The number of hydrogen-bond acceptors (Lipinski definition) is 4. The maximum Gasteiger partial charge on any atom is 0.351 e. The first kappa shape index (κ1) is 30.3. The summed E-state index contributed by atoms with van der Waals surface area (Å²) in [6, 6.07) is 15.9. The molecule has 0 spiro atoms. The molecule has 1 atom stereocenters. The topological polar surface area (TPSA) is 72.2 Å². The minimum Gasteiger partial charge on any atom is -0.328 e. The molecule has 3 aromatic carbocycles. The lowest BCUT2D eigenvalue weighted by Crippen LogP contribution is -2.44. The maximum absolute atomic E-state index is 14.7. The lowest BCUT2D eigenvalue weighted by Gasteiger charge is -2.37. The van der Waals surface area contributed by atoms with Crippen molar-refractivity contribution in [1.29, 1.82) is 0 Å². The Bertz CT molecular complexity index is 1620. The third-order valence-electron chi connectivity index (χ3n) is 7.99. The van der Waals surface area contributed by atoms with E-state index in [1.54, 1.807) is 24.0 Å². The van der Waals surface area contributed by atoms with Gasteiger partial charge in [0.1, 0.15) is 17.5 Å². The molecule has 0 bridgehead atoms. The maximum atomic E-state index is 14.7. The minimum absolute atomic E-state index is 0.0603. The van der Waals surface area contributed by atoms with E-state index >= 15 is 0 Å². The number of aromatic nitrogens is 3. The minimum atomic E-state index is -0.842. The molecule has 1 saturated heterocycles. The normalized spacial score (nSPS) is 14.7. The zero-order valence-electron chi connectivity index (χ0n) is 24.6. The van der Waals surface area contributed by atoms with E-state index < -0.39 is 29.2 Å². The van der Waals surface area contributed by atoms with E-state index in [0.29, 0.717) is 12.1 Å². The number of piperidine rings is 1. The molecule has 5 rings (SSSR count). The first-order valence-corrected chi connectivity index (χ1v) is 14.6. The zero-order chi connectivity index (χ0) is 30.7. The fourth-order valence-electron chi connectivity index (χ4n) is 5.73. The Kier molecular flexibility index (Phi) is 9.15. The van der Waals surface area contributed by atoms with Crippen molar-refractivity contribution in [3.05, 3.63) is 117 Å². The second-order valence-corrected chi connectivity index (χ2v) is 11.6. The van der Waals surface area contributed by atoms with Gasteiger partial charge in [0.15, 0.2) is 5.82 Å². The van der Waals surface area contributed by atoms with Crippen LogP contribution in [-0.4, -0.2) is 44.8 Å². The molecule has 10 heteroatoms. The largest absolute Gasteiger partial charge is 0.351 e. The smallest absolute Gasteiger partial charge is 0.328 e. The Hall–Kier alpha value is -4.18. The summed E-state index contributed by atoms with van der Waals surface area (Å²) in [5, 5.41) is 8.00. The van der Waals surface area contributed by atoms with Crippen molar-refractivity contribution in [2.45, 2.75) is 46.2 Å². The molecular weight excluding hydrogens is 555 g/mol. The van der Waals surface area contributed by atoms with Crippen LogP contribution in [-0.2, 0) is 6.54 Å². The number of nitrogens with one attached hydrogen (secondary N) is 1. The van der Waals surface area contributed by atoms with E-state index in [-0.39, 0.29) is 41.4 Å². The second-order valence-electron chi connectivity index (χ2n) is 11.6. The van der Waals surface area contributed by atoms with Crippen molar-refractivity contribution in [1.82, 2.24) is 24.6 Å². The van der Waals surface area contributed by atoms with Gasteiger partial charge in [0.2, 0.25) is 0 Å². The SMILES string of the molecule is Cc1ccc(C(=O)N(CC2CCNCC2)C(c2nn(-c3cc(F)cc(F)c3)c(=O)n2Cc2ccccc2)C(C)C)cc1F. The Morgan fingerprint density at radius 3 is 2.30 bits per heavy atom. The third kappa shape index (κ3) is 6.74. The molecular formula is C33H36F3N5O2. The summed E-state index contributed by atoms with van der Waals surface area (Å²) in [6.07, 6.45) is 1.70. The van der Waals surface area contributed by atoms with Crippen LogP contribution in [0.25, 0.3) is 5.69 Å². The van der Waals surface area contributed by atoms with Crippen molar-refractivity contribution in [3.63, 3.8) is 0 Å². The molecule has 0 aliphatic carbocycles. The highest BCUT2D eigenvalue weighted by molar-refractivity contribution is 5.94. The van der Waals surface area contributed by atoms with Crippen molar-refractivity contribution < 1.29 is 18.0 Å². The van der Waals surface area contributed by atoms with Gasteiger partial charge >= 0.3 is 5.69 Å². The number of aryl methyl sites for hydroxylation is 1. The Morgan fingerprint density at radius 2 is 1.67 bits per heavy atom. The molecule has 1 unspecified atom stereocenters. The molecule has 1 aliphatic rings. The highest BCUT2D eigenvalue weighted by Gasteiger charge is 2.36. The molecule has 4 aromatic rings. The zero-order valence-corrected chi connectivity index (χ0v) is 24.6. The predicted octanol–water partition coefficient (Wildman–Crippen LogP) is 5.65. The van der Waals surface area contributed by atoms with Crippen LogP contribution in [0, 0.1) is 36.2 Å². The average Bonchev–Trinajstić information content (AvgIpc) is 3.29. The quantitative estimate of drug-likeness (QED) is 0.273. The fourth-order valence-corrected chi connectivity index (χ4v) is 5.73. The Balaban J connectivity index is 1.68. The molecule has 0 radical (unpaired) electrons. The highest BCUT2D eigenvalue weighted by Crippen LogP contribution is 2.32. The Morgan fingerprint density at radius 1 is 1.00 bits per heavy atom. The van der Waals surface area contributed by atoms with Crippen LogP contribution < -0.4 is 11.0 Å². The van der Waals surface area contributed by atoms with Crippen LogP contribution in [0.1, 0.15) is 60.0 Å². The molecule has 226 valence electrons. The first-order chi connectivity index (χ1) is 20.6. The number of carbonyl (C=O) groups is 1. The van der Waals surface area contributed by atoms with Gasteiger partial charge in [-0.15, -0.1) is 5.10 Å². The summed E-state index contributed by atoms with van der Waals surface area (Å²) in [6.45, 7) is 7.64. The van der Waals surface area contributed by atoms with Gasteiger partial charge in [-0.1, -0.05) is 50.2 Å². The van der Waals surface area contributed by atoms with Crippen molar-refractivity contribution in [3.8, 4) is 5.69 Å². The van der Waals surface area contributed by atoms with Gasteiger partial charge in [0.05, 0.1) is 18.3 Å². The van der Waals surface area contributed by atoms with Gasteiger partial charge in [0.25, 0.3) is 5.91 Å². The van der Waals surface area contributed by atoms with Gasteiger partial charge in [-0.3, -0.25) is 9.36 Å². The lowest BCUT2D eigenvalue weighted by molar-refractivity contribution is 0.0541. The monoisotopic (exact) mass is 591 g/mol. The Labute approximate surface area is 249 Å². The van der Waals surface area contributed by atoms with E-state index in [2.05, 4.69) is 10.4 Å². The highest BCUT2D eigenvalue weighted by atomic mass is 19.1. The summed E-state index contributed by atoms with van der Waals surface area (Å²) >= 11 is 0. The molecule has 7 nitrogen and oxygen atoms in total. The van der Waals surface area contributed by atoms with Crippen LogP contribution in [0.3, 0.4) is 0 Å². The summed E-state index contributed by atoms with van der Waals surface area (Å²) < 4.78 is 45.6. The van der Waals surface area contributed by atoms with Gasteiger partial charge in [-0.05, 0) is 80.1 Å². The molecule has 0 saturated carbocycles. The molecule has 1 N–H and O–H groups in total. The number of halogens is 3. The van der Waals surface area contributed by atoms with Gasteiger partial charge in [-0.25, -0.2) is 18.0 Å². The van der Waals surface area contributed by atoms with E-state index in [1.165, 1.54) is 10.6 Å². The molecule has 1 fully saturated rings. The van der Waals surface area contributed by atoms with Gasteiger partial charge in [0, 0.05) is 18.2 Å². The number of rotatable bonds is 9. The first-order valence-electron chi connectivity index (χ1n) is 14.6. The van der Waals surface area contributed by atoms with Crippen LogP contribution >= 0.6 is 0 Å². The molecule has 43 heavy (non-hydrogen) atoms. The number of amides is 1. The second kappa shape index (κ2) is 13.0. The number of hydrogen-bond donors (Lipinski definition) is 1. The van der Waals surface area contributed by atoms with Crippen LogP contribution in [0.15, 0.2) is 71.5 Å². The van der Waals surface area contributed by atoms with Gasteiger partial charge < -0.3 is 10.2 Å². The van der Waals surface area contributed by atoms with Gasteiger partial charge in [-0.2, -0.15) is 4.68 Å². The fraction of sp³-hybridized carbons (Fsp3) is 0.364. The lowest BCUT2D eigenvalue weighted by atomic mass is 9.93. The molecule has 1 amide bonds. The standard InChI is InChI=1S/C33H36F3N5O2/c1-21(2)30(39(19-24-11-13-37-14-12-24)32(42)25-10-9-22(3)29(36)15-25)31-38-41(28-17-26(34)16-27(35)18-28)33(43)40(31)20-23-7-5-4-6-8-23/h4-10,15-18,21,24,30,37H,11-14,19-20H2,1-3H3. The van der Waals surface area contributed by atoms with E-state index in [1.807, 2.05) is 44.2 Å². The number of nitrogens with zero attached hydrogens (tertiary/aromatic N) is 4. The molecule has 1 aliphatic heterocycles. The van der Waals surface area contributed by atoms with E-state index in [0.717, 1.165) is 54.4 Å². The van der Waals surface area contributed by atoms with Crippen molar-refractivity contribution in [2.75, 3.05) is 19.6 Å². The molecule has 2 heterocycles. The van der Waals surface area contributed by atoms with Crippen LogP contribution in [0.2, 0.25) is 0 Å². The third-order valence-corrected chi connectivity index (χ3v) is 7.99. The molecule has 1 aromatic heterocycles. The van der Waals surface area contributed by atoms with Crippen LogP contribution in [0.5, 0.6) is 0 Å². The summed E-state index contributed by atoms with van der Waals surface area (Å²) in [5.74, 6) is -2.31. The summed E-state index contributed by atoms with van der Waals surface area (Å²) in [5.41, 5.74) is 0.793. The average molecular weight is 592 g/mol. The predicted molar refractivity (Wildman–Crippen MR) is 159 cm³/mol. The van der Waals surface area contributed by atoms with E-state index in [4.69, 9.17) is 0 Å². The van der Waals surface area contributed by atoms with Crippen LogP contribution in [0.4, 0.5) is 13.2 Å². The summed E-state index contributed by atoms with van der Waals surface area (Å²) in [7, 11) is 0. The van der Waals surface area contributed by atoms with Crippen molar-refractivity contribution >= 4 is 5.91 Å².